The van der Waals surface area contributed by atoms with E-state index in [1.54, 1.807) is 6.92 Å². The molecule has 116 valence electrons. The van der Waals surface area contributed by atoms with Gasteiger partial charge in [-0.05, 0) is 30.2 Å². The lowest BCUT2D eigenvalue weighted by Gasteiger charge is -2.21. The summed E-state index contributed by atoms with van der Waals surface area (Å²) in [6, 6.07) is 2.90. The summed E-state index contributed by atoms with van der Waals surface area (Å²) >= 11 is 0. The zero-order valence-corrected chi connectivity index (χ0v) is 11.7. The smallest absolute Gasteiger partial charge is 0.368 e. The molecule has 1 aromatic rings. The van der Waals surface area contributed by atoms with Gasteiger partial charge >= 0.3 is 6.18 Å². The highest BCUT2D eigenvalue weighted by Crippen LogP contribution is 2.29. The molecule has 0 saturated heterocycles. The normalized spacial score (nSPS) is 14.3. The second-order valence-corrected chi connectivity index (χ2v) is 4.81. The van der Waals surface area contributed by atoms with Gasteiger partial charge in [0.15, 0.2) is 0 Å². The van der Waals surface area contributed by atoms with Crippen molar-refractivity contribution >= 4 is 11.8 Å². The molecule has 2 amide bonds. The average Bonchev–Trinajstić information content (AvgIpc) is 2.42. The van der Waals surface area contributed by atoms with Crippen LogP contribution in [0.5, 0.6) is 0 Å². The van der Waals surface area contributed by atoms with Crippen molar-refractivity contribution in [1.29, 1.82) is 0 Å². The Morgan fingerprint density at radius 3 is 2.14 bits per heavy atom. The Morgan fingerprint density at radius 2 is 1.76 bits per heavy atom. The first-order chi connectivity index (χ1) is 9.66. The third-order valence-corrected chi connectivity index (χ3v) is 3.28. The minimum atomic E-state index is -4.46. The van der Waals surface area contributed by atoms with Gasteiger partial charge in [0.2, 0.25) is 5.91 Å². The fraction of sp³-hybridized carbons (Fsp3) is 0.429. The number of carbonyl (C=O) groups is 2. The molecule has 2 atom stereocenters. The van der Waals surface area contributed by atoms with E-state index in [9.17, 15) is 22.8 Å². The summed E-state index contributed by atoms with van der Waals surface area (Å²) < 4.78 is 37.3. The Labute approximate surface area is 120 Å². The van der Waals surface area contributed by atoms with Crippen LogP contribution in [0.15, 0.2) is 24.3 Å². The first kappa shape index (κ1) is 17.0. The summed E-state index contributed by atoms with van der Waals surface area (Å²) in [6.07, 6.45) is -3.83. The van der Waals surface area contributed by atoms with E-state index in [2.05, 4.69) is 5.32 Å². The monoisotopic (exact) mass is 302 g/mol. The molecule has 0 spiro atoms. The van der Waals surface area contributed by atoms with Crippen molar-refractivity contribution < 1.29 is 22.8 Å². The van der Waals surface area contributed by atoms with Crippen LogP contribution in [0.2, 0.25) is 0 Å². The van der Waals surface area contributed by atoms with E-state index in [0.717, 1.165) is 24.3 Å². The van der Waals surface area contributed by atoms with E-state index in [1.807, 2.05) is 6.92 Å². The number of amides is 2. The van der Waals surface area contributed by atoms with E-state index >= 15 is 0 Å². The molecular formula is C14H17F3N2O2. The molecule has 7 heteroatoms. The van der Waals surface area contributed by atoms with Crippen LogP contribution in [0.3, 0.4) is 0 Å². The minimum Gasteiger partial charge on any atom is -0.368 e. The fourth-order valence-electron chi connectivity index (χ4n) is 1.76. The summed E-state index contributed by atoms with van der Waals surface area (Å²) in [7, 11) is 0. The van der Waals surface area contributed by atoms with E-state index in [1.165, 1.54) is 0 Å². The third-order valence-electron chi connectivity index (χ3n) is 3.28. The number of rotatable bonds is 5. The van der Waals surface area contributed by atoms with Crippen LogP contribution < -0.4 is 11.1 Å². The van der Waals surface area contributed by atoms with Crippen LogP contribution in [0, 0.1) is 5.92 Å². The van der Waals surface area contributed by atoms with Crippen molar-refractivity contribution in [1.82, 2.24) is 5.32 Å². The van der Waals surface area contributed by atoms with E-state index in [4.69, 9.17) is 5.73 Å². The van der Waals surface area contributed by atoms with Crippen molar-refractivity contribution in [2.75, 3.05) is 0 Å². The number of hydrogen-bond acceptors (Lipinski definition) is 2. The van der Waals surface area contributed by atoms with Gasteiger partial charge in [0, 0.05) is 5.56 Å². The minimum absolute atomic E-state index is 0.0394. The second-order valence-electron chi connectivity index (χ2n) is 4.81. The molecule has 0 saturated carbocycles. The number of benzene rings is 1. The Hall–Kier alpha value is -2.05. The fourth-order valence-corrected chi connectivity index (χ4v) is 1.76. The van der Waals surface area contributed by atoms with Gasteiger partial charge in [-0.3, -0.25) is 9.59 Å². The van der Waals surface area contributed by atoms with Gasteiger partial charge in [-0.1, -0.05) is 20.3 Å². The number of hydrogen-bond donors (Lipinski definition) is 2. The lowest BCUT2D eigenvalue weighted by Crippen LogP contribution is -2.48. The third kappa shape index (κ3) is 4.47. The molecule has 0 bridgehead atoms. The standard InChI is InChI=1S/C14H17F3N2O2/c1-3-8(2)11(12(18)20)19-13(21)9-4-6-10(7-5-9)14(15,16)17/h4-8,11H,3H2,1-2H3,(H2,18,20)(H,19,21)/t8-,11-/m1/s1. The number of primary amides is 1. The maximum Gasteiger partial charge on any atom is 0.416 e. The van der Waals surface area contributed by atoms with Crippen LogP contribution in [0.4, 0.5) is 13.2 Å². The molecule has 0 unspecified atom stereocenters. The molecule has 0 heterocycles. The second kappa shape index (κ2) is 6.60. The predicted octanol–water partition coefficient (Wildman–Crippen LogP) is 2.34. The molecule has 1 rings (SSSR count). The molecular weight excluding hydrogens is 285 g/mol. The highest BCUT2D eigenvalue weighted by Gasteiger charge is 2.30. The van der Waals surface area contributed by atoms with Crippen molar-refractivity contribution in [3.63, 3.8) is 0 Å². The molecule has 4 nitrogen and oxygen atoms in total. The van der Waals surface area contributed by atoms with Crippen LogP contribution in [0.1, 0.15) is 36.2 Å². The molecule has 0 aliphatic rings. The highest BCUT2D eigenvalue weighted by atomic mass is 19.4. The van der Waals surface area contributed by atoms with Crippen molar-refractivity contribution in [3.8, 4) is 0 Å². The van der Waals surface area contributed by atoms with E-state index in [-0.39, 0.29) is 11.5 Å². The number of nitrogens with one attached hydrogen (secondary N) is 1. The molecule has 0 radical (unpaired) electrons. The zero-order valence-electron chi connectivity index (χ0n) is 11.7. The lowest BCUT2D eigenvalue weighted by atomic mass is 9.98. The van der Waals surface area contributed by atoms with Crippen LogP contribution in [-0.2, 0) is 11.0 Å². The number of halogens is 3. The summed E-state index contributed by atoms with van der Waals surface area (Å²) in [6.45, 7) is 3.59. The predicted molar refractivity (Wildman–Crippen MR) is 71.3 cm³/mol. The van der Waals surface area contributed by atoms with Gasteiger partial charge in [-0.25, -0.2) is 0 Å². The number of carbonyl (C=O) groups excluding carboxylic acids is 2. The molecule has 1 aromatic carbocycles. The quantitative estimate of drug-likeness (QED) is 0.876. The average molecular weight is 302 g/mol. The van der Waals surface area contributed by atoms with Gasteiger partial charge in [-0.2, -0.15) is 13.2 Å². The van der Waals surface area contributed by atoms with Gasteiger partial charge < -0.3 is 11.1 Å². The summed E-state index contributed by atoms with van der Waals surface area (Å²) in [5.41, 5.74) is 4.42. The first-order valence-electron chi connectivity index (χ1n) is 6.44. The Kier molecular flexibility index (Phi) is 5.34. The molecule has 0 aliphatic heterocycles. The van der Waals surface area contributed by atoms with Crippen molar-refractivity contribution in [2.45, 2.75) is 32.5 Å². The van der Waals surface area contributed by atoms with Crippen LogP contribution in [0.25, 0.3) is 0 Å². The SMILES string of the molecule is CC[C@@H](C)[C@@H](NC(=O)c1ccc(C(F)(F)F)cc1)C(N)=O. The Balaban J connectivity index is 2.86. The maximum absolute atomic E-state index is 12.4. The molecule has 3 N–H and O–H groups in total. The van der Waals surface area contributed by atoms with Gasteiger partial charge in [0.1, 0.15) is 6.04 Å². The Bertz CT molecular complexity index is 512. The molecule has 21 heavy (non-hydrogen) atoms. The lowest BCUT2D eigenvalue weighted by molar-refractivity contribution is -0.137. The summed E-state index contributed by atoms with van der Waals surface area (Å²) in [5.74, 6) is -1.47. The van der Waals surface area contributed by atoms with Crippen molar-refractivity contribution in [3.05, 3.63) is 35.4 Å². The molecule has 0 fully saturated rings. The molecule has 0 aliphatic carbocycles. The molecule has 0 aromatic heterocycles. The van der Waals surface area contributed by atoms with Crippen molar-refractivity contribution in [2.24, 2.45) is 11.7 Å². The summed E-state index contributed by atoms with van der Waals surface area (Å²) in [4.78, 5) is 23.3. The van der Waals surface area contributed by atoms with E-state index < -0.39 is 29.6 Å². The van der Waals surface area contributed by atoms with E-state index in [0.29, 0.717) is 6.42 Å². The van der Waals surface area contributed by atoms with Gasteiger partial charge in [-0.15, -0.1) is 0 Å². The largest absolute Gasteiger partial charge is 0.416 e. The summed E-state index contributed by atoms with van der Waals surface area (Å²) in [5, 5.41) is 2.45. The first-order valence-corrected chi connectivity index (χ1v) is 6.44. The highest BCUT2D eigenvalue weighted by molar-refractivity contribution is 5.97. The number of alkyl halides is 3. The Morgan fingerprint density at radius 1 is 1.24 bits per heavy atom. The number of nitrogens with two attached hydrogens (primary N) is 1. The zero-order chi connectivity index (χ0) is 16.2. The van der Waals surface area contributed by atoms with Gasteiger partial charge in [0.25, 0.3) is 5.91 Å². The van der Waals surface area contributed by atoms with Crippen LogP contribution in [-0.4, -0.2) is 17.9 Å². The van der Waals surface area contributed by atoms with Gasteiger partial charge in [0.05, 0.1) is 5.56 Å². The topological polar surface area (TPSA) is 72.2 Å². The maximum atomic E-state index is 12.4. The van der Waals surface area contributed by atoms with Crippen LogP contribution >= 0.6 is 0 Å².